The molecule has 1 saturated heterocycles. The third kappa shape index (κ3) is 6.50. The van der Waals surface area contributed by atoms with Gasteiger partial charge in [0.1, 0.15) is 0 Å². The number of ether oxygens (including phenoxy) is 1. The first-order valence-electron chi connectivity index (χ1n) is 9.97. The minimum atomic E-state index is -3.39. The first-order valence-corrected chi connectivity index (χ1v) is 11.4. The van der Waals surface area contributed by atoms with Crippen molar-refractivity contribution in [2.45, 2.75) is 63.8 Å². The summed E-state index contributed by atoms with van der Waals surface area (Å²) in [4.78, 5) is 12.2. The largest absolute Gasteiger partial charge is 0.449 e. The maximum Gasteiger partial charge on any atom is 0.407 e. The summed E-state index contributed by atoms with van der Waals surface area (Å²) in [5.74, 6) is 0.408. The number of sulfonamides is 1. The second-order valence-electron chi connectivity index (χ2n) is 7.12. The van der Waals surface area contributed by atoms with Crippen molar-refractivity contribution in [3.05, 3.63) is 29.8 Å². The number of carbonyl (C=O) groups is 1. The molecule has 1 fully saturated rings. The third-order valence-corrected chi connectivity index (χ3v) is 6.97. The molecule has 0 aromatic heterocycles. The standard InChI is InChI=1S/C20H32N2O4S/c1-3-5-8-17(4-2)16-26-20(23)21-15-18-9-11-19(12-10-18)27(24,25)22-13-6-7-14-22/h9-12,17H,3-8,13-16H2,1-2H3,(H,21,23). The quantitative estimate of drug-likeness (QED) is 0.650. The van der Waals surface area contributed by atoms with Crippen LogP contribution in [0.4, 0.5) is 4.79 Å². The van der Waals surface area contributed by atoms with Gasteiger partial charge >= 0.3 is 6.09 Å². The van der Waals surface area contributed by atoms with E-state index in [9.17, 15) is 13.2 Å². The molecule has 1 amide bonds. The lowest BCUT2D eigenvalue weighted by Crippen LogP contribution is -2.28. The van der Waals surface area contributed by atoms with Crippen LogP contribution in [0.15, 0.2) is 29.2 Å². The van der Waals surface area contributed by atoms with Crippen LogP contribution in [-0.4, -0.2) is 38.5 Å². The lowest BCUT2D eigenvalue weighted by Gasteiger charge is -2.16. The van der Waals surface area contributed by atoms with Crippen molar-refractivity contribution in [2.75, 3.05) is 19.7 Å². The van der Waals surface area contributed by atoms with Crippen molar-refractivity contribution in [2.24, 2.45) is 5.92 Å². The number of nitrogens with one attached hydrogen (secondary N) is 1. The third-order valence-electron chi connectivity index (χ3n) is 5.06. The minimum absolute atomic E-state index is 0.303. The number of hydrogen-bond acceptors (Lipinski definition) is 4. The van der Waals surface area contributed by atoms with Crippen molar-refractivity contribution in [3.8, 4) is 0 Å². The van der Waals surface area contributed by atoms with Crippen molar-refractivity contribution >= 4 is 16.1 Å². The van der Waals surface area contributed by atoms with Crippen LogP contribution in [0.1, 0.15) is 57.9 Å². The normalized spacial score (nSPS) is 16.2. The molecule has 152 valence electrons. The summed E-state index contributed by atoms with van der Waals surface area (Å²) in [6, 6.07) is 6.68. The van der Waals surface area contributed by atoms with Crippen molar-refractivity contribution in [1.82, 2.24) is 9.62 Å². The Kier molecular flexibility index (Phi) is 8.57. The number of unbranched alkanes of at least 4 members (excludes halogenated alkanes) is 1. The summed E-state index contributed by atoms with van der Waals surface area (Å²) < 4.78 is 31.8. The molecule has 6 nitrogen and oxygen atoms in total. The lowest BCUT2D eigenvalue weighted by molar-refractivity contribution is 0.122. The van der Waals surface area contributed by atoms with Crippen LogP contribution in [0, 0.1) is 5.92 Å². The van der Waals surface area contributed by atoms with Gasteiger partial charge < -0.3 is 10.1 Å². The van der Waals surface area contributed by atoms with Crippen LogP contribution in [0.3, 0.4) is 0 Å². The molecule has 1 aromatic rings. The monoisotopic (exact) mass is 396 g/mol. The first kappa shape index (κ1) is 21.7. The highest BCUT2D eigenvalue weighted by Crippen LogP contribution is 2.21. The second-order valence-corrected chi connectivity index (χ2v) is 9.06. The average molecular weight is 397 g/mol. The number of nitrogens with zero attached hydrogens (tertiary/aromatic N) is 1. The summed E-state index contributed by atoms with van der Waals surface area (Å²) in [6.45, 7) is 6.20. The predicted molar refractivity (Wildman–Crippen MR) is 106 cm³/mol. The molecule has 1 aromatic carbocycles. The summed E-state index contributed by atoms with van der Waals surface area (Å²) in [7, 11) is -3.39. The van der Waals surface area contributed by atoms with E-state index in [0.717, 1.165) is 44.1 Å². The van der Waals surface area contributed by atoms with Gasteiger partial charge in [-0.1, -0.05) is 45.2 Å². The van der Waals surface area contributed by atoms with Gasteiger partial charge in [0, 0.05) is 19.6 Å². The van der Waals surface area contributed by atoms with Gasteiger partial charge in [-0.3, -0.25) is 0 Å². The van der Waals surface area contributed by atoms with E-state index in [4.69, 9.17) is 4.74 Å². The lowest BCUT2D eigenvalue weighted by atomic mass is 10.0. The fourth-order valence-electron chi connectivity index (χ4n) is 3.17. The summed E-state index contributed by atoms with van der Waals surface area (Å²) in [6.07, 6.45) is 5.77. The van der Waals surface area contributed by atoms with E-state index in [2.05, 4.69) is 19.2 Å². The van der Waals surface area contributed by atoms with E-state index in [1.54, 1.807) is 24.3 Å². The van der Waals surface area contributed by atoms with Crippen molar-refractivity contribution < 1.29 is 17.9 Å². The molecule has 1 atom stereocenters. The molecule has 0 spiro atoms. The van der Waals surface area contributed by atoms with Gasteiger partial charge in [-0.15, -0.1) is 0 Å². The number of benzene rings is 1. The van der Waals surface area contributed by atoms with Crippen LogP contribution in [-0.2, 0) is 21.3 Å². The van der Waals surface area contributed by atoms with Crippen LogP contribution in [0.2, 0.25) is 0 Å². The smallest absolute Gasteiger partial charge is 0.407 e. The molecule has 1 heterocycles. The SMILES string of the molecule is CCCCC(CC)COC(=O)NCc1ccc(S(=O)(=O)N2CCCC2)cc1. The Labute approximate surface area is 163 Å². The topological polar surface area (TPSA) is 75.7 Å². The molecule has 2 rings (SSSR count). The van der Waals surface area contributed by atoms with Gasteiger partial charge in [0.25, 0.3) is 0 Å². The first-order chi connectivity index (χ1) is 13.0. The number of amides is 1. The minimum Gasteiger partial charge on any atom is -0.449 e. The van der Waals surface area contributed by atoms with Gasteiger partial charge in [-0.05, 0) is 42.9 Å². The van der Waals surface area contributed by atoms with Gasteiger partial charge in [0.15, 0.2) is 0 Å². The Balaban J connectivity index is 1.80. The Bertz CT molecular complexity index is 682. The van der Waals surface area contributed by atoms with E-state index in [0.29, 0.717) is 37.1 Å². The highest BCUT2D eigenvalue weighted by molar-refractivity contribution is 7.89. The fourth-order valence-corrected chi connectivity index (χ4v) is 4.69. The zero-order chi connectivity index (χ0) is 19.7. The molecular weight excluding hydrogens is 364 g/mol. The number of hydrogen-bond donors (Lipinski definition) is 1. The van der Waals surface area contributed by atoms with Gasteiger partial charge in [0.2, 0.25) is 10.0 Å². The Morgan fingerprint density at radius 1 is 1.19 bits per heavy atom. The highest BCUT2D eigenvalue weighted by atomic mass is 32.2. The predicted octanol–water partition coefficient (Wildman–Crippen LogP) is 3.91. The zero-order valence-corrected chi connectivity index (χ0v) is 17.3. The Morgan fingerprint density at radius 2 is 1.85 bits per heavy atom. The Hall–Kier alpha value is -1.60. The molecule has 0 aliphatic carbocycles. The van der Waals surface area contributed by atoms with Gasteiger partial charge in [0.05, 0.1) is 11.5 Å². The van der Waals surface area contributed by atoms with E-state index in [1.165, 1.54) is 4.31 Å². The molecule has 0 bridgehead atoms. The highest BCUT2D eigenvalue weighted by Gasteiger charge is 2.26. The fraction of sp³-hybridized carbons (Fsp3) is 0.650. The van der Waals surface area contributed by atoms with Crippen LogP contribution in [0.5, 0.6) is 0 Å². The van der Waals surface area contributed by atoms with Crippen LogP contribution < -0.4 is 5.32 Å². The molecule has 1 unspecified atom stereocenters. The molecule has 1 aliphatic heterocycles. The Morgan fingerprint density at radius 3 is 2.44 bits per heavy atom. The molecule has 0 saturated carbocycles. The van der Waals surface area contributed by atoms with E-state index in [-0.39, 0.29) is 0 Å². The molecule has 1 N–H and O–H groups in total. The summed E-state index contributed by atoms with van der Waals surface area (Å²) in [5, 5.41) is 2.73. The zero-order valence-electron chi connectivity index (χ0n) is 16.4. The molecule has 1 aliphatic rings. The van der Waals surface area contributed by atoms with E-state index < -0.39 is 16.1 Å². The van der Waals surface area contributed by atoms with E-state index in [1.807, 2.05) is 0 Å². The maximum absolute atomic E-state index is 12.5. The molecule has 0 radical (unpaired) electrons. The van der Waals surface area contributed by atoms with Crippen LogP contribution in [0.25, 0.3) is 0 Å². The maximum atomic E-state index is 12.5. The molecule has 27 heavy (non-hydrogen) atoms. The average Bonchev–Trinajstić information content (AvgIpc) is 3.22. The number of alkyl carbamates (subject to hydrolysis) is 1. The summed E-state index contributed by atoms with van der Waals surface area (Å²) >= 11 is 0. The number of carbonyl (C=O) groups excluding carboxylic acids is 1. The molecular formula is C20H32N2O4S. The van der Waals surface area contributed by atoms with Crippen molar-refractivity contribution in [1.29, 1.82) is 0 Å². The second kappa shape index (κ2) is 10.7. The van der Waals surface area contributed by atoms with Gasteiger partial charge in [-0.2, -0.15) is 4.31 Å². The molecule has 7 heteroatoms. The van der Waals surface area contributed by atoms with Crippen LogP contribution >= 0.6 is 0 Å². The van der Waals surface area contributed by atoms with Gasteiger partial charge in [-0.25, -0.2) is 13.2 Å². The summed E-state index contributed by atoms with van der Waals surface area (Å²) in [5.41, 5.74) is 0.838. The van der Waals surface area contributed by atoms with Crippen molar-refractivity contribution in [3.63, 3.8) is 0 Å². The van der Waals surface area contributed by atoms with E-state index >= 15 is 0 Å². The number of rotatable bonds is 10.